The standard InChI is InChI=1S/C8H16NO7S3/c1-4-17(11,12)8(7(9)10,18(13,14)5-2)19(15,16)6-3/h9H,4-6H2,1-3H3. The average molecular weight is 334 g/mol. The first-order chi connectivity index (χ1) is 8.38. The Kier molecular flexibility index (Phi) is 5.17. The van der Waals surface area contributed by atoms with Crippen molar-refractivity contribution in [3.8, 4) is 0 Å². The highest BCUT2D eigenvalue weighted by molar-refractivity contribution is 8.27. The summed E-state index contributed by atoms with van der Waals surface area (Å²) in [6, 6.07) is 0. The van der Waals surface area contributed by atoms with Crippen LogP contribution in [0.2, 0.25) is 0 Å². The lowest BCUT2D eigenvalue weighted by Gasteiger charge is -2.27. The van der Waals surface area contributed by atoms with Crippen molar-refractivity contribution in [2.24, 2.45) is 0 Å². The highest BCUT2D eigenvalue weighted by atomic mass is 32.3. The van der Waals surface area contributed by atoms with Gasteiger partial charge in [0.15, 0.2) is 29.5 Å². The molecule has 0 aromatic heterocycles. The molecule has 0 rings (SSSR count). The van der Waals surface area contributed by atoms with E-state index in [9.17, 15) is 30.0 Å². The molecule has 0 atom stereocenters. The molecule has 11 heteroatoms. The summed E-state index contributed by atoms with van der Waals surface area (Å²) in [5.74, 6) is -4.79. The quantitative estimate of drug-likeness (QED) is 0.566. The molecule has 113 valence electrons. The largest absolute Gasteiger partial charge is 0.349 e. The van der Waals surface area contributed by atoms with Gasteiger partial charge in [-0.2, -0.15) is 0 Å². The van der Waals surface area contributed by atoms with Gasteiger partial charge in [-0.1, -0.05) is 20.8 Å². The molecule has 0 unspecified atom stereocenters. The molecule has 1 amide bonds. The lowest BCUT2D eigenvalue weighted by molar-refractivity contribution is -0.117. The summed E-state index contributed by atoms with van der Waals surface area (Å²) in [7, 11) is -14.6. The van der Waals surface area contributed by atoms with Gasteiger partial charge >= 0.3 is 3.41 Å². The Balaban J connectivity index is 7.12. The Morgan fingerprint density at radius 3 is 1.11 bits per heavy atom. The van der Waals surface area contributed by atoms with E-state index >= 15 is 0 Å². The molecule has 0 bridgehead atoms. The second-order valence-electron chi connectivity index (χ2n) is 3.60. The third kappa shape index (κ3) is 2.38. The molecule has 0 saturated carbocycles. The number of carbonyl (C=O) groups is 1. The second kappa shape index (κ2) is 5.37. The van der Waals surface area contributed by atoms with Crippen molar-refractivity contribution in [3.63, 3.8) is 0 Å². The number of sulfone groups is 3. The van der Waals surface area contributed by atoms with Crippen LogP contribution < -0.4 is 5.73 Å². The predicted octanol–water partition coefficient (Wildman–Crippen LogP) is -1.25. The van der Waals surface area contributed by atoms with E-state index in [1.54, 1.807) is 0 Å². The predicted molar refractivity (Wildman–Crippen MR) is 69.2 cm³/mol. The molecule has 0 aliphatic heterocycles. The fraction of sp³-hybridized carbons (Fsp3) is 0.875. The number of carbonyl (C=O) groups excluding carboxylic acids is 1. The van der Waals surface area contributed by atoms with E-state index in [4.69, 9.17) is 5.73 Å². The highest BCUT2D eigenvalue weighted by Crippen LogP contribution is 2.33. The zero-order valence-electron chi connectivity index (χ0n) is 10.7. The highest BCUT2D eigenvalue weighted by Gasteiger charge is 2.68. The van der Waals surface area contributed by atoms with Crippen molar-refractivity contribution >= 4 is 35.4 Å². The van der Waals surface area contributed by atoms with Crippen LogP contribution >= 0.6 is 0 Å². The van der Waals surface area contributed by atoms with Crippen LogP contribution in [0.15, 0.2) is 0 Å². The van der Waals surface area contributed by atoms with Gasteiger partial charge in [0.05, 0.1) is 17.3 Å². The van der Waals surface area contributed by atoms with Crippen LogP contribution in [0.5, 0.6) is 0 Å². The van der Waals surface area contributed by atoms with Gasteiger partial charge in [-0.3, -0.25) is 10.5 Å². The first-order valence-electron chi connectivity index (χ1n) is 5.30. The molecule has 0 fully saturated rings. The molecule has 0 saturated heterocycles. The van der Waals surface area contributed by atoms with Gasteiger partial charge in [-0.05, 0) is 0 Å². The molecule has 0 spiro atoms. The zero-order valence-corrected chi connectivity index (χ0v) is 13.2. The van der Waals surface area contributed by atoms with Crippen molar-refractivity contribution in [3.05, 3.63) is 0 Å². The van der Waals surface area contributed by atoms with Gasteiger partial charge < -0.3 is 0 Å². The lowest BCUT2D eigenvalue weighted by atomic mass is 10.7. The fourth-order valence-corrected chi connectivity index (χ4v) is 10.3. The summed E-state index contributed by atoms with van der Waals surface area (Å²) in [6.07, 6.45) is 0. The van der Waals surface area contributed by atoms with Gasteiger partial charge in [0, 0.05) is 0 Å². The zero-order chi connectivity index (χ0) is 15.7. The third-order valence-electron chi connectivity index (χ3n) is 2.65. The van der Waals surface area contributed by atoms with Crippen LogP contribution in [-0.4, -0.2) is 51.8 Å². The maximum Gasteiger partial charge on any atom is 0.349 e. The number of rotatable bonds is 7. The summed E-state index contributed by atoms with van der Waals surface area (Å²) in [4.78, 5) is 11.4. The van der Waals surface area contributed by atoms with Gasteiger partial charge in [0.2, 0.25) is 0 Å². The van der Waals surface area contributed by atoms with Gasteiger partial charge in [0.25, 0.3) is 5.91 Å². The van der Waals surface area contributed by atoms with E-state index in [0.29, 0.717) is 0 Å². The Bertz CT molecular complexity index is 574. The van der Waals surface area contributed by atoms with Crippen LogP contribution in [0.4, 0.5) is 0 Å². The van der Waals surface area contributed by atoms with Crippen molar-refractivity contribution in [2.75, 3.05) is 17.3 Å². The van der Waals surface area contributed by atoms with Crippen LogP contribution in [0.1, 0.15) is 20.8 Å². The van der Waals surface area contributed by atoms with E-state index in [-0.39, 0.29) is 0 Å². The molecular weight excluding hydrogens is 318 g/mol. The second-order valence-corrected chi connectivity index (χ2v) is 11.6. The summed E-state index contributed by atoms with van der Waals surface area (Å²) in [6.45, 7) is 3.05. The smallest absolute Gasteiger partial charge is 0.269 e. The SMILES string of the molecule is CCS(=O)(=O)C(C([NH])=O)(S(=O)(=O)CC)S(=O)(=O)CC. The summed E-state index contributed by atoms with van der Waals surface area (Å²) < 4.78 is 68.1. The molecule has 0 aliphatic rings. The number of nitrogens with one attached hydrogen (secondary N) is 1. The Morgan fingerprint density at radius 1 is 0.789 bits per heavy atom. The van der Waals surface area contributed by atoms with Crippen molar-refractivity contribution in [1.82, 2.24) is 5.73 Å². The minimum atomic E-state index is -4.87. The molecule has 1 radical (unpaired) electrons. The van der Waals surface area contributed by atoms with Gasteiger partial charge in [0.1, 0.15) is 0 Å². The van der Waals surface area contributed by atoms with Crippen LogP contribution in [0, 0.1) is 0 Å². The third-order valence-corrected chi connectivity index (χ3v) is 12.5. The van der Waals surface area contributed by atoms with Crippen LogP contribution in [0.3, 0.4) is 0 Å². The number of hydrogen-bond acceptors (Lipinski definition) is 7. The topological polar surface area (TPSA) is 143 Å². The first kappa shape index (κ1) is 18.3. The Labute approximate surface area is 113 Å². The lowest BCUT2D eigenvalue weighted by Crippen LogP contribution is -2.60. The van der Waals surface area contributed by atoms with E-state index in [1.165, 1.54) is 0 Å². The number of amides is 1. The van der Waals surface area contributed by atoms with Crippen molar-refractivity contribution < 1.29 is 30.0 Å². The minimum Gasteiger partial charge on any atom is -0.269 e. The number of hydrogen-bond donors (Lipinski definition) is 0. The Hall–Kier alpha value is -0.680. The van der Waals surface area contributed by atoms with E-state index in [0.717, 1.165) is 20.8 Å². The van der Waals surface area contributed by atoms with E-state index in [1.807, 2.05) is 0 Å². The molecule has 0 aromatic rings. The summed E-state index contributed by atoms with van der Waals surface area (Å²) >= 11 is 0. The first-order valence-corrected chi connectivity index (χ1v) is 10.3. The summed E-state index contributed by atoms with van der Waals surface area (Å²) in [5, 5.41) is 0. The maximum atomic E-state index is 12.0. The molecule has 8 nitrogen and oxygen atoms in total. The van der Waals surface area contributed by atoms with Crippen molar-refractivity contribution in [1.29, 1.82) is 0 Å². The molecule has 19 heavy (non-hydrogen) atoms. The van der Waals surface area contributed by atoms with E-state index < -0.39 is 56.1 Å². The molecule has 1 N–H and O–H groups in total. The van der Waals surface area contributed by atoms with Crippen LogP contribution in [-0.2, 0) is 34.3 Å². The summed E-state index contributed by atoms with van der Waals surface area (Å²) in [5.41, 5.74) is 6.98. The van der Waals surface area contributed by atoms with Gasteiger partial charge in [-0.15, -0.1) is 0 Å². The van der Waals surface area contributed by atoms with Crippen LogP contribution in [0.25, 0.3) is 0 Å². The Morgan fingerprint density at radius 2 is 1.00 bits per heavy atom. The minimum absolute atomic E-state index is 0.879. The molecular formula is C8H16NO7S3. The molecule has 0 aromatic carbocycles. The molecule has 0 heterocycles. The molecule has 0 aliphatic carbocycles. The fourth-order valence-electron chi connectivity index (χ4n) is 1.57. The van der Waals surface area contributed by atoms with Crippen molar-refractivity contribution in [2.45, 2.75) is 24.2 Å². The average Bonchev–Trinajstić information content (AvgIpc) is 2.28. The maximum absolute atomic E-state index is 12.0. The van der Waals surface area contributed by atoms with Gasteiger partial charge in [-0.25, -0.2) is 25.3 Å². The normalized spacial score (nSPS) is 14.3. The monoisotopic (exact) mass is 334 g/mol. The van der Waals surface area contributed by atoms with E-state index in [2.05, 4.69) is 0 Å².